The summed E-state index contributed by atoms with van der Waals surface area (Å²) < 4.78 is 16.6. The number of nitrogens with one attached hydrogen (secondary N) is 1. The lowest BCUT2D eigenvalue weighted by Gasteiger charge is -2.14. The van der Waals surface area contributed by atoms with Gasteiger partial charge >= 0.3 is 5.97 Å². The molecule has 0 aliphatic carbocycles. The first-order valence-electron chi connectivity index (χ1n) is 8.10. The van der Waals surface area contributed by atoms with Gasteiger partial charge < -0.3 is 19.5 Å². The molecule has 1 aliphatic rings. The molecule has 136 valence electrons. The van der Waals surface area contributed by atoms with Crippen molar-refractivity contribution < 1.29 is 23.8 Å². The molecule has 6 nitrogen and oxygen atoms in total. The predicted octanol–water partition coefficient (Wildman–Crippen LogP) is 3.94. The van der Waals surface area contributed by atoms with Crippen molar-refractivity contribution in [2.75, 3.05) is 18.7 Å². The van der Waals surface area contributed by atoms with E-state index in [-0.39, 0.29) is 25.2 Å². The minimum Gasteiger partial charge on any atom is -0.454 e. The first kappa shape index (κ1) is 18.5. The number of rotatable bonds is 5. The number of hydrogen-bond donors (Lipinski definition) is 1. The first-order chi connectivity index (χ1) is 12.4. The Hall–Kier alpha value is -2.29. The van der Waals surface area contributed by atoms with E-state index < -0.39 is 5.97 Å². The van der Waals surface area contributed by atoms with Crippen LogP contribution in [0.15, 0.2) is 36.4 Å². The molecular weight excluding hydrogens is 449 g/mol. The van der Waals surface area contributed by atoms with Crippen LogP contribution in [0, 0.1) is 3.57 Å². The number of anilines is 1. The zero-order chi connectivity index (χ0) is 18.7. The summed E-state index contributed by atoms with van der Waals surface area (Å²) in [7, 11) is 0. The van der Waals surface area contributed by atoms with Crippen molar-refractivity contribution in [1.82, 2.24) is 0 Å². The molecule has 1 heterocycles. The predicted molar refractivity (Wildman–Crippen MR) is 105 cm³/mol. The molecule has 0 radical (unpaired) electrons. The lowest BCUT2D eigenvalue weighted by atomic mass is 10.0. The largest absolute Gasteiger partial charge is 0.454 e. The molecule has 26 heavy (non-hydrogen) atoms. The summed E-state index contributed by atoms with van der Waals surface area (Å²) in [4.78, 5) is 24.3. The molecule has 7 heteroatoms. The van der Waals surface area contributed by atoms with E-state index in [2.05, 4.69) is 41.8 Å². The van der Waals surface area contributed by atoms with Gasteiger partial charge in [0.1, 0.15) is 0 Å². The van der Waals surface area contributed by atoms with E-state index in [1.54, 1.807) is 18.2 Å². The average molecular weight is 467 g/mol. The Balaban J connectivity index is 1.60. The normalized spacial score (nSPS) is 12.2. The Morgan fingerprint density at radius 3 is 2.69 bits per heavy atom. The summed E-state index contributed by atoms with van der Waals surface area (Å²) in [5, 5.41) is 2.80. The van der Waals surface area contributed by atoms with Gasteiger partial charge in [-0.2, -0.15) is 0 Å². The van der Waals surface area contributed by atoms with E-state index >= 15 is 0 Å². The molecule has 1 amide bonds. The van der Waals surface area contributed by atoms with Crippen molar-refractivity contribution in [3.05, 3.63) is 51.1 Å². The maximum atomic E-state index is 12.2. The van der Waals surface area contributed by atoms with Crippen molar-refractivity contribution in [3.8, 4) is 11.5 Å². The number of ether oxygens (including phenoxy) is 3. The lowest BCUT2D eigenvalue weighted by Crippen LogP contribution is -2.21. The molecule has 0 bridgehead atoms. The quantitative estimate of drug-likeness (QED) is 0.533. The third-order valence-electron chi connectivity index (χ3n) is 3.85. The standard InChI is InChI=1S/C19H18INO5/c1-11(2)14-8-13(20)4-5-15(14)21-18(22)9-24-19(23)12-3-6-16-17(7-12)26-10-25-16/h3-8,11H,9-10H2,1-2H3,(H,21,22). The van der Waals surface area contributed by atoms with Crippen LogP contribution >= 0.6 is 22.6 Å². The molecule has 0 saturated heterocycles. The van der Waals surface area contributed by atoms with Gasteiger partial charge in [-0.05, 0) is 70.5 Å². The molecule has 0 unspecified atom stereocenters. The van der Waals surface area contributed by atoms with Crippen LogP contribution in [-0.4, -0.2) is 25.3 Å². The SMILES string of the molecule is CC(C)c1cc(I)ccc1NC(=O)COC(=O)c1ccc2c(c1)OCO2. The van der Waals surface area contributed by atoms with Gasteiger partial charge in [0.15, 0.2) is 18.1 Å². The van der Waals surface area contributed by atoms with Gasteiger partial charge in [0.05, 0.1) is 5.56 Å². The fourth-order valence-electron chi connectivity index (χ4n) is 2.55. The van der Waals surface area contributed by atoms with Gasteiger partial charge in [0, 0.05) is 9.26 Å². The van der Waals surface area contributed by atoms with Crippen LogP contribution in [-0.2, 0) is 9.53 Å². The maximum Gasteiger partial charge on any atom is 0.338 e. The van der Waals surface area contributed by atoms with Crippen LogP contribution in [0.3, 0.4) is 0 Å². The minimum absolute atomic E-state index is 0.129. The van der Waals surface area contributed by atoms with Crippen molar-refractivity contribution in [2.24, 2.45) is 0 Å². The number of amides is 1. The van der Waals surface area contributed by atoms with E-state index in [4.69, 9.17) is 14.2 Å². The van der Waals surface area contributed by atoms with Crippen LogP contribution in [0.5, 0.6) is 11.5 Å². The lowest BCUT2D eigenvalue weighted by molar-refractivity contribution is -0.119. The maximum absolute atomic E-state index is 12.2. The highest BCUT2D eigenvalue weighted by molar-refractivity contribution is 14.1. The topological polar surface area (TPSA) is 73.9 Å². The van der Waals surface area contributed by atoms with Crippen LogP contribution in [0.2, 0.25) is 0 Å². The number of esters is 1. The zero-order valence-electron chi connectivity index (χ0n) is 14.4. The summed E-state index contributed by atoms with van der Waals surface area (Å²) in [6.07, 6.45) is 0. The summed E-state index contributed by atoms with van der Waals surface area (Å²) in [6, 6.07) is 10.6. The van der Waals surface area contributed by atoms with Crippen molar-refractivity contribution in [2.45, 2.75) is 19.8 Å². The summed E-state index contributed by atoms with van der Waals surface area (Å²) in [5.41, 5.74) is 2.07. The molecule has 0 spiro atoms. The first-order valence-corrected chi connectivity index (χ1v) is 9.18. The number of halogens is 1. The van der Waals surface area contributed by atoms with Gasteiger partial charge in [0.2, 0.25) is 6.79 Å². The Kier molecular flexibility index (Phi) is 5.65. The van der Waals surface area contributed by atoms with E-state index in [0.717, 1.165) is 14.8 Å². The van der Waals surface area contributed by atoms with E-state index in [9.17, 15) is 9.59 Å². The highest BCUT2D eigenvalue weighted by Crippen LogP contribution is 2.32. The molecular formula is C19H18INO5. The Labute approximate surface area is 165 Å². The van der Waals surface area contributed by atoms with Gasteiger partial charge in [-0.3, -0.25) is 4.79 Å². The summed E-state index contributed by atoms with van der Waals surface area (Å²) in [6.45, 7) is 3.88. The Morgan fingerprint density at radius 1 is 1.15 bits per heavy atom. The third-order valence-corrected chi connectivity index (χ3v) is 4.52. The van der Waals surface area contributed by atoms with E-state index in [1.807, 2.05) is 18.2 Å². The number of hydrogen-bond acceptors (Lipinski definition) is 5. The monoisotopic (exact) mass is 467 g/mol. The molecule has 0 atom stereocenters. The molecule has 0 saturated carbocycles. The van der Waals surface area contributed by atoms with Gasteiger partial charge in [-0.15, -0.1) is 0 Å². The fraction of sp³-hybridized carbons (Fsp3) is 0.263. The van der Waals surface area contributed by atoms with Crippen LogP contribution in [0.4, 0.5) is 5.69 Å². The molecule has 0 aromatic heterocycles. The van der Waals surface area contributed by atoms with Gasteiger partial charge in [-0.1, -0.05) is 13.8 Å². The second-order valence-corrected chi connectivity index (χ2v) is 7.32. The number of carbonyl (C=O) groups excluding carboxylic acids is 2. The van der Waals surface area contributed by atoms with E-state index in [1.165, 1.54) is 0 Å². The second kappa shape index (κ2) is 7.94. The highest BCUT2D eigenvalue weighted by atomic mass is 127. The smallest absolute Gasteiger partial charge is 0.338 e. The molecule has 0 fully saturated rings. The highest BCUT2D eigenvalue weighted by Gasteiger charge is 2.18. The van der Waals surface area contributed by atoms with Crippen molar-refractivity contribution in [3.63, 3.8) is 0 Å². The zero-order valence-corrected chi connectivity index (χ0v) is 16.5. The van der Waals surface area contributed by atoms with Crippen LogP contribution in [0.25, 0.3) is 0 Å². The number of fused-ring (bicyclic) bond motifs is 1. The second-order valence-electron chi connectivity index (χ2n) is 6.08. The number of benzene rings is 2. The summed E-state index contributed by atoms with van der Waals surface area (Å²) in [5.74, 6) is 0.354. The van der Waals surface area contributed by atoms with Gasteiger partial charge in [0.25, 0.3) is 5.91 Å². The van der Waals surface area contributed by atoms with Crippen molar-refractivity contribution in [1.29, 1.82) is 0 Å². The van der Waals surface area contributed by atoms with E-state index in [0.29, 0.717) is 17.1 Å². The van der Waals surface area contributed by atoms with Crippen molar-refractivity contribution >= 4 is 40.2 Å². The van der Waals surface area contributed by atoms with Gasteiger partial charge in [-0.25, -0.2) is 4.79 Å². The number of carbonyl (C=O) groups is 2. The fourth-order valence-corrected chi connectivity index (χ4v) is 3.06. The molecule has 2 aromatic rings. The molecule has 1 aliphatic heterocycles. The van der Waals surface area contributed by atoms with Crippen LogP contribution < -0.4 is 14.8 Å². The minimum atomic E-state index is -0.592. The molecule has 3 rings (SSSR count). The molecule has 1 N–H and O–H groups in total. The Morgan fingerprint density at radius 2 is 1.92 bits per heavy atom. The average Bonchev–Trinajstić information content (AvgIpc) is 3.08. The molecule has 2 aromatic carbocycles. The third kappa shape index (κ3) is 4.27. The summed E-state index contributed by atoms with van der Waals surface area (Å²) >= 11 is 2.23. The Bertz CT molecular complexity index is 850. The van der Waals surface area contributed by atoms with Crippen LogP contribution in [0.1, 0.15) is 35.7 Å².